The average Bonchev–Trinajstić information content (AvgIpc) is 2.87. The first-order valence-corrected chi connectivity index (χ1v) is 8.91. The Morgan fingerprint density at radius 1 is 1.17 bits per heavy atom. The lowest BCUT2D eigenvalue weighted by Gasteiger charge is -2.50. The van der Waals surface area contributed by atoms with Crippen LogP contribution in [0.5, 0.6) is 0 Å². The Kier molecular flexibility index (Phi) is 4.12. The van der Waals surface area contributed by atoms with E-state index in [9.17, 15) is 0 Å². The predicted molar refractivity (Wildman–Crippen MR) is 96.5 cm³/mol. The molecule has 1 aliphatic carbocycles. The molecule has 23 heavy (non-hydrogen) atoms. The van der Waals surface area contributed by atoms with Crippen LogP contribution in [0.2, 0.25) is 0 Å². The molecule has 2 nitrogen and oxygen atoms in total. The van der Waals surface area contributed by atoms with E-state index in [2.05, 4.69) is 75.8 Å². The van der Waals surface area contributed by atoms with Gasteiger partial charge < -0.3 is 0 Å². The maximum Gasteiger partial charge on any atom is 0.0659 e. The molecule has 0 aliphatic heterocycles. The van der Waals surface area contributed by atoms with Gasteiger partial charge in [0.15, 0.2) is 0 Å². The molecule has 0 radical (unpaired) electrons. The number of benzene rings is 1. The minimum atomic E-state index is 0.320. The van der Waals surface area contributed by atoms with Crippen LogP contribution < -0.4 is 0 Å². The van der Waals surface area contributed by atoms with Crippen molar-refractivity contribution in [3.8, 4) is 0 Å². The molecule has 124 valence electrons. The summed E-state index contributed by atoms with van der Waals surface area (Å²) in [5.41, 5.74) is 4.80. The van der Waals surface area contributed by atoms with E-state index in [0.717, 1.165) is 19.4 Å². The summed E-state index contributed by atoms with van der Waals surface area (Å²) in [6.07, 6.45) is 5.83. The van der Waals surface area contributed by atoms with Crippen LogP contribution in [-0.2, 0) is 19.4 Å². The van der Waals surface area contributed by atoms with Crippen LogP contribution in [0.1, 0.15) is 57.9 Å². The molecule has 1 aromatic carbocycles. The first-order chi connectivity index (χ1) is 10.8. The highest BCUT2D eigenvalue weighted by Gasteiger charge is 2.46. The summed E-state index contributed by atoms with van der Waals surface area (Å²) in [4.78, 5) is 0. The van der Waals surface area contributed by atoms with E-state index in [1.165, 1.54) is 23.2 Å². The van der Waals surface area contributed by atoms with Gasteiger partial charge >= 0.3 is 0 Å². The highest BCUT2D eigenvalue weighted by molar-refractivity contribution is 5.25. The Hall–Kier alpha value is -1.57. The molecule has 0 spiro atoms. The van der Waals surface area contributed by atoms with Gasteiger partial charge in [-0.3, -0.25) is 4.68 Å². The van der Waals surface area contributed by atoms with Crippen molar-refractivity contribution in [1.82, 2.24) is 9.78 Å². The molecule has 0 saturated carbocycles. The summed E-state index contributed by atoms with van der Waals surface area (Å²) in [7, 11) is 0. The molecule has 2 heteroatoms. The van der Waals surface area contributed by atoms with Crippen molar-refractivity contribution in [2.75, 3.05) is 0 Å². The smallest absolute Gasteiger partial charge is 0.0659 e. The predicted octanol–water partition coefficient (Wildman–Crippen LogP) is 5.11. The van der Waals surface area contributed by atoms with Crippen molar-refractivity contribution < 1.29 is 0 Å². The third kappa shape index (κ3) is 2.96. The van der Waals surface area contributed by atoms with E-state index in [4.69, 9.17) is 5.10 Å². The van der Waals surface area contributed by atoms with Gasteiger partial charge in [0.25, 0.3) is 0 Å². The fourth-order valence-corrected chi connectivity index (χ4v) is 4.48. The standard InChI is InChI=1S/C21H30N2/c1-16(2)21(20(3,4)5)12-11-19-18(13-21)15-23(22-19)14-17-9-7-6-8-10-17/h6-10,15-16H,11-14H2,1-5H3. The van der Waals surface area contributed by atoms with Crippen LogP contribution in [0.3, 0.4) is 0 Å². The summed E-state index contributed by atoms with van der Waals surface area (Å²) in [6, 6.07) is 10.6. The maximum atomic E-state index is 4.87. The molecule has 1 atom stereocenters. The first-order valence-electron chi connectivity index (χ1n) is 8.91. The molecule has 0 amide bonds. The molecule has 3 rings (SSSR count). The van der Waals surface area contributed by atoms with Crippen LogP contribution in [-0.4, -0.2) is 9.78 Å². The molecule has 0 N–H and O–H groups in total. The average molecular weight is 310 g/mol. The van der Waals surface area contributed by atoms with Gasteiger partial charge in [0.05, 0.1) is 12.2 Å². The molecular weight excluding hydrogens is 280 g/mol. The summed E-state index contributed by atoms with van der Waals surface area (Å²) < 4.78 is 2.14. The van der Waals surface area contributed by atoms with Gasteiger partial charge in [-0.15, -0.1) is 0 Å². The van der Waals surface area contributed by atoms with Gasteiger partial charge in [0, 0.05) is 6.20 Å². The van der Waals surface area contributed by atoms with E-state index in [0.29, 0.717) is 16.7 Å². The Morgan fingerprint density at radius 3 is 2.48 bits per heavy atom. The highest BCUT2D eigenvalue weighted by Crippen LogP contribution is 2.52. The number of hydrogen-bond donors (Lipinski definition) is 0. The second kappa shape index (κ2) is 5.81. The number of hydrogen-bond acceptors (Lipinski definition) is 1. The van der Waals surface area contributed by atoms with Gasteiger partial charge in [-0.2, -0.15) is 5.10 Å². The lowest BCUT2D eigenvalue weighted by Crippen LogP contribution is -2.44. The van der Waals surface area contributed by atoms with Crippen LogP contribution in [0, 0.1) is 16.7 Å². The van der Waals surface area contributed by atoms with Crippen LogP contribution in [0.4, 0.5) is 0 Å². The number of fused-ring (bicyclic) bond motifs is 1. The minimum absolute atomic E-state index is 0.320. The molecule has 0 bridgehead atoms. The van der Waals surface area contributed by atoms with Crippen molar-refractivity contribution >= 4 is 0 Å². The number of aromatic nitrogens is 2. The third-order valence-electron chi connectivity index (χ3n) is 6.02. The van der Waals surface area contributed by atoms with Gasteiger partial charge in [0.2, 0.25) is 0 Å². The Bertz CT molecular complexity index is 661. The van der Waals surface area contributed by atoms with Crippen molar-refractivity contribution in [3.63, 3.8) is 0 Å². The normalized spacial score (nSPS) is 21.5. The van der Waals surface area contributed by atoms with E-state index in [1.807, 2.05) is 0 Å². The highest BCUT2D eigenvalue weighted by atomic mass is 15.3. The number of aryl methyl sites for hydroxylation is 1. The van der Waals surface area contributed by atoms with Gasteiger partial charge in [-0.1, -0.05) is 65.0 Å². The topological polar surface area (TPSA) is 17.8 Å². The zero-order chi connectivity index (χ0) is 16.7. The summed E-state index contributed by atoms with van der Waals surface area (Å²) in [5.74, 6) is 0.688. The van der Waals surface area contributed by atoms with Gasteiger partial charge in [-0.25, -0.2) is 0 Å². The largest absolute Gasteiger partial charge is 0.268 e. The first kappa shape index (κ1) is 16.3. The summed E-state index contributed by atoms with van der Waals surface area (Å²) >= 11 is 0. The third-order valence-corrected chi connectivity index (χ3v) is 6.02. The van der Waals surface area contributed by atoms with E-state index in [-0.39, 0.29) is 0 Å². The molecule has 1 aromatic heterocycles. The second-order valence-corrected chi connectivity index (χ2v) is 8.52. The Morgan fingerprint density at radius 2 is 1.87 bits per heavy atom. The van der Waals surface area contributed by atoms with Gasteiger partial charge in [-0.05, 0) is 47.1 Å². The quantitative estimate of drug-likeness (QED) is 0.770. The number of nitrogens with zero attached hydrogens (tertiary/aromatic N) is 2. The second-order valence-electron chi connectivity index (χ2n) is 8.52. The fourth-order valence-electron chi connectivity index (χ4n) is 4.48. The minimum Gasteiger partial charge on any atom is -0.268 e. The maximum absolute atomic E-state index is 4.87. The lowest BCUT2D eigenvalue weighted by atomic mass is 9.54. The molecular formula is C21H30N2. The van der Waals surface area contributed by atoms with Crippen molar-refractivity contribution in [2.45, 2.75) is 60.4 Å². The van der Waals surface area contributed by atoms with Crippen molar-refractivity contribution in [3.05, 3.63) is 53.3 Å². The molecule has 0 fully saturated rings. The van der Waals surface area contributed by atoms with E-state index < -0.39 is 0 Å². The van der Waals surface area contributed by atoms with Crippen LogP contribution in [0.25, 0.3) is 0 Å². The SMILES string of the molecule is CC(C)C1(C(C)(C)C)CCc2nn(Cc3ccccc3)cc2C1. The van der Waals surface area contributed by atoms with Crippen LogP contribution >= 0.6 is 0 Å². The zero-order valence-corrected chi connectivity index (χ0v) is 15.3. The number of rotatable bonds is 3. The fraction of sp³-hybridized carbons (Fsp3) is 0.571. The molecule has 1 unspecified atom stereocenters. The molecule has 0 saturated heterocycles. The molecule has 1 heterocycles. The van der Waals surface area contributed by atoms with Crippen molar-refractivity contribution in [2.24, 2.45) is 16.7 Å². The monoisotopic (exact) mass is 310 g/mol. The Labute approximate surface area is 140 Å². The summed E-state index contributed by atoms with van der Waals surface area (Å²) in [5, 5.41) is 4.87. The van der Waals surface area contributed by atoms with E-state index >= 15 is 0 Å². The molecule has 1 aliphatic rings. The van der Waals surface area contributed by atoms with Crippen LogP contribution in [0.15, 0.2) is 36.5 Å². The lowest BCUT2D eigenvalue weighted by molar-refractivity contribution is 0.0147. The van der Waals surface area contributed by atoms with Crippen molar-refractivity contribution in [1.29, 1.82) is 0 Å². The van der Waals surface area contributed by atoms with E-state index in [1.54, 1.807) is 0 Å². The Balaban J connectivity index is 1.87. The zero-order valence-electron chi connectivity index (χ0n) is 15.3. The van der Waals surface area contributed by atoms with Gasteiger partial charge in [0.1, 0.15) is 0 Å². The molecule has 2 aromatic rings. The summed E-state index contributed by atoms with van der Waals surface area (Å²) in [6.45, 7) is 12.9.